The van der Waals surface area contributed by atoms with Crippen LogP contribution in [-0.4, -0.2) is 4.57 Å². The van der Waals surface area contributed by atoms with Gasteiger partial charge < -0.3 is 4.57 Å². The predicted molar refractivity (Wildman–Crippen MR) is 125 cm³/mol. The van der Waals surface area contributed by atoms with Crippen LogP contribution in [0.5, 0.6) is 0 Å². The molecule has 0 radical (unpaired) electrons. The van der Waals surface area contributed by atoms with Crippen LogP contribution < -0.4 is 4.57 Å². The van der Waals surface area contributed by atoms with Crippen molar-refractivity contribution < 1.29 is 4.57 Å². The quantitative estimate of drug-likeness (QED) is 0.304. The van der Waals surface area contributed by atoms with E-state index in [9.17, 15) is 0 Å². The summed E-state index contributed by atoms with van der Waals surface area (Å²) in [5.41, 5.74) is 6.19. The number of pyridine rings is 1. The van der Waals surface area contributed by atoms with Crippen LogP contribution in [0, 0.1) is 0 Å². The second-order valence-electron chi connectivity index (χ2n) is 7.80. The lowest BCUT2D eigenvalue weighted by molar-refractivity contribution is -0.671. The van der Waals surface area contributed by atoms with E-state index >= 15 is 0 Å². The molecule has 0 saturated carbocycles. The molecule has 0 fully saturated rings. The summed E-state index contributed by atoms with van der Waals surface area (Å²) in [5, 5.41) is 5.11. The summed E-state index contributed by atoms with van der Waals surface area (Å²) < 4.78 is 4.47. The van der Waals surface area contributed by atoms with Gasteiger partial charge in [0.15, 0.2) is 12.4 Å². The Morgan fingerprint density at radius 1 is 0.533 bits per heavy atom. The molecule has 0 spiro atoms. The minimum atomic E-state index is 1.22. The third kappa shape index (κ3) is 2.47. The number of hydrogen-bond acceptors (Lipinski definition) is 0. The van der Waals surface area contributed by atoms with Gasteiger partial charge in [0, 0.05) is 28.3 Å². The van der Waals surface area contributed by atoms with Crippen molar-refractivity contribution in [1.82, 2.24) is 4.57 Å². The summed E-state index contributed by atoms with van der Waals surface area (Å²) in [6.07, 6.45) is 4.20. The standard InChI is InChI=1S/C28H21N2/c1-29-18-16-20(17-19-29)21-14-15-28(23-9-3-2-8-22(21)23)30-26-12-6-4-10-24(26)25-11-5-7-13-27(25)30/h2-19H,1H3/q+1. The van der Waals surface area contributed by atoms with Crippen molar-refractivity contribution in [1.29, 1.82) is 0 Å². The number of aromatic nitrogens is 2. The smallest absolute Gasteiger partial charge is 0.169 e. The molecule has 2 heteroatoms. The van der Waals surface area contributed by atoms with Crippen molar-refractivity contribution in [2.24, 2.45) is 7.05 Å². The lowest BCUT2D eigenvalue weighted by Gasteiger charge is -2.14. The van der Waals surface area contributed by atoms with Crippen LogP contribution in [0.2, 0.25) is 0 Å². The van der Waals surface area contributed by atoms with Crippen molar-refractivity contribution in [2.75, 3.05) is 0 Å². The van der Waals surface area contributed by atoms with Gasteiger partial charge in [-0.15, -0.1) is 0 Å². The maximum Gasteiger partial charge on any atom is 0.169 e. The van der Waals surface area contributed by atoms with Gasteiger partial charge in [-0.2, -0.15) is 0 Å². The Bertz CT molecular complexity index is 1490. The average Bonchev–Trinajstić information content (AvgIpc) is 3.13. The Morgan fingerprint density at radius 2 is 1.07 bits per heavy atom. The van der Waals surface area contributed by atoms with Crippen LogP contribution in [0.1, 0.15) is 0 Å². The molecule has 0 bridgehead atoms. The fraction of sp³-hybridized carbons (Fsp3) is 0.0357. The van der Waals surface area contributed by atoms with Crippen LogP contribution in [-0.2, 0) is 7.05 Å². The zero-order chi connectivity index (χ0) is 20.1. The van der Waals surface area contributed by atoms with Crippen molar-refractivity contribution in [3.8, 4) is 16.8 Å². The van der Waals surface area contributed by atoms with Gasteiger partial charge in [0.25, 0.3) is 0 Å². The number of rotatable bonds is 2. The second kappa shape index (κ2) is 6.57. The van der Waals surface area contributed by atoms with E-state index in [1.807, 2.05) is 7.05 Å². The first kappa shape index (κ1) is 17.0. The number of fused-ring (bicyclic) bond motifs is 4. The molecule has 0 amide bonds. The van der Waals surface area contributed by atoms with Crippen LogP contribution in [0.15, 0.2) is 109 Å². The molecule has 2 heterocycles. The normalized spacial score (nSPS) is 11.5. The number of hydrogen-bond donors (Lipinski definition) is 0. The third-order valence-corrected chi connectivity index (χ3v) is 6.01. The van der Waals surface area contributed by atoms with Gasteiger partial charge in [-0.25, -0.2) is 4.57 Å². The van der Waals surface area contributed by atoms with Crippen LogP contribution >= 0.6 is 0 Å². The molecule has 4 aromatic carbocycles. The average molecular weight is 385 g/mol. The number of nitrogens with zero attached hydrogens (tertiary/aromatic N) is 2. The van der Waals surface area contributed by atoms with Gasteiger partial charge in [0.05, 0.1) is 16.7 Å². The Morgan fingerprint density at radius 3 is 1.70 bits per heavy atom. The molecule has 0 aliphatic rings. The molecule has 0 saturated heterocycles. The number of para-hydroxylation sites is 2. The first-order chi connectivity index (χ1) is 14.8. The molecule has 0 unspecified atom stereocenters. The summed E-state index contributed by atoms with van der Waals surface area (Å²) >= 11 is 0. The van der Waals surface area contributed by atoms with E-state index in [1.54, 1.807) is 0 Å². The largest absolute Gasteiger partial charge is 0.309 e. The van der Waals surface area contributed by atoms with E-state index in [0.717, 1.165) is 0 Å². The first-order valence-corrected chi connectivity index (χ1v) is 10.3. The Labute approximate surface area is 175 Å². The highest BCUT2D eigenvalue weighted by Gasteiger charge is 2.15. The van der Waals surface area contributed by atoms with Crippen molar-refractivity contribution in [3.63, 3.8) is 0 Å². The van der Waals surface area contributed by atoms with Crippen LogP contribution in [0.25, 0.3) is 49.4 Å². The van der Waals surface area contributed by atoms with Crippen molar-refractivity contribution in [3.05, 3.63) is 109 Å². The summed E-state index contributed by atoms with van der Waals surface area (Å²) in [4.78, 5) is 0. The maximum atomic E-state index is 2.40. The molecule has 0 atom stereocenters. The van der Waals surface area contributed by atoms with E-state index < -0.39 is 0 Å². The minimum absolute atomic E-state index is 1.22. The lowest BCUT2D eigenvalue weighted by atomic mass is 9.97. The highest BCUT2D eigenvalue weighted by molar-refractivity contribution is 6.11. The lowest BCUT2D eigenvalue weighted by Crippen LogP contribution is -2.25. The van der Waals surface area contributed by atoms with Gasteiger partial charge in [0.1, 0.15) is 7.05 Å². The molecule has 0 aliphatic carbocycles. The zero-order valence-corrected chi connectivity index (χ0v) is 16.8. The Balaban J connectivity index is 1.71. The van der Waals surface area contributed by atoms with Crippen molar-refractivity contribution in [2.45, 2.75) is 0 Å². The third-order valence-electron chi connectivity index (χ3n) is 6.01. The number of benzene rings is 4. The van der Waals surface area contributed by atoms with Crippen molar-refractivity contribution >= 4 is 32.6 Å². The molecule has 2 nitrogen and oxygen atoms in total. The monoisotopic (exact) mass is 385 g/mol. The molecular weight excluding hydrogens is 364 g/mol. The SMILES string of the molecule is C[n+]1ccc(-c2ccc(-n3c4ccccc4c4ccccc43)c3ccccc23)cc1. The molecule has 2 aromatic heterocycles. The van der Waals surface area contributed by atoms with Gasteiger partial charge in [-0.1, -0.05) is 66.7 Å². The predicted octanol–water partition coefficient (Wildman–Crippen LogP) is 6.43. The summed E-state index contributed by atoms with van der Waals surface area (Å²) in [7, 11) is 2.05. The van der Waals surface area contributed by atoms with E-state index in [2.05, 4.69) is 119 Å². The Kier molecular flexibility index (Phi) is 3.72. The van der Waals surface area contributed by atoms with Gasteiger partial charge in [-0.3, -0.25) is 0 Å². The van der Waals surface area contributed by atoms with Gasteiger partial charge >= 0.3 is 0 Å². The molecule has 0 aliphatic heterocycles. The fourth-order valence-corrected chi connectivity index (χ4v) is 4.59. The summed E-state index contributed by atoms with van der Waals surface area (Å²) in [5.74, 6) is 0. The van der Waals surface area contributed by atoms with Crippen LogP contribution in [0.4, 0.5) is 0 Å². The van der Waals surface area contributed by atoms with Gasteiger partial charge in [-0.05, 0) is 34.7 Å². The summed E-state index contributed by atoms with van der Waals surface area (Å²) in [6, 6.07) is 35.0. The minimum Gasteiger partial charge on any atom is -0.309 e. The maximum absolute atomic E-state index is 2.40. The van der Waals surface area contributed by atoms with Crippen LogP contribution in [0.3, 0.4) is 0 Å². The second-order valence-corrected chi connectivity index (χ2v) is 7.80. The van der Waals surface area contributed by atoms with E-state index in [1.165, 1.54) is 49.4 Å². The van der Waals surface area contributed by atoms with E-state index in [0.29, 0.717) is 0 Å². The number of aryl methyl sites for hydroxylation is 1. The molecular formula is C28H21N2+. The Hall–Kier alpha value is -3.91. The molecule has 6 rings (SSSR count). The van der Waals surface area contributed by atoms with E-state index in [-0.39, 0.29) is 0 Å². The molecule has 30 heavy (non-hydrogen) atoms. The molecule has 142 valence electrons. The highest BCUT2D eigenvalue weighted by Crippen LogP contribution is 2.37. The van der Waals surface area contributed by atoms with E-state index in [4.69, 9.17) is 0 Å². The zero-order valence-electron chi connectivity index (χ0n) is 16.8. The molecule has 6 aromatic rings. The molecule has 0 N–H and O–H groups in total. The fourth-order valence-electron chi connectivity index (χ4n) is 4.59. The van der Waals surface area contributed by atoms with Gasteiger partial charge in [0.2, 0.25) is 0 Å². The topological polar surface area (TPSA) is 8.81 Å². The highest BCUT2D eigenvalue weighted by atomic mass is 15.0. The summed E-state index contributed by atoms with van der Waals surface area (Å²) in [6.45, 7) is 0. The first-order valence-electron chi connectivity index (χ1n) is 10.3.